The molecule has 3 heteroatoms. The first-order valence-electron chi connectivity index (χ1n) is 5.75. The zero-order valence-electron chi connectivity index (χ0n) is 9.79. The predicted octanol–water partition coefficient (Wildman–Crippen LogP) is 1.33. The summed E-state index contributed by atoms with van der Waals surface area (Å²) in [7, 11) is 0. The van der Waals surface area contributed by atoms with Gasteiger partial charge in [-0.15, -0.1) is 0 Å². The number of carbonyl (C=O) groups excluding carboxylic acids is 1. The Balaban J connectivity index is 2.00. The van der Waals surface area contributed by atoms with Crippen molar-refractivity contribution in [3.8, 4) is 0 Å². The fourth-order valence-electron chi connectivity index (χ4n) is 1.96. The Labute approximate surface area is 96.2 Å². The van der Waals surface area contributed by atoms with Gasteiger partial charge in [0.2, 0.25) is 0 Å². The van der Waals surface area contributed by atoms with E-state index in [1.54, 1.807) is 0 Å². The third-order valence-electron chi connectivity index (χ3n) is 3.15. The molecule has 1 saturated heterocycles. The molecule has 1 amide bonds. The lowest BCUT2D eigenvalue weighted by molar-refractivity contribution is 0.0933. The quantitative estimate of drug-likeness (QED) is 0.786. The molecule has 1 aromatic carbocycles. The Hall–Kier alpha value is -1.35. The van der Waals surface area contributed by atoms with Gasteiger partial charge in [-0.25, -0.2) is 0 Å². The number of benzene rings is 1. The van der Waals surface area contributed by atoms with Crippen molar-refractivity contribution in [2.75, 3.05) is 13.1 Å². The first kappa shape index (κ1) is 11.1. The molecule has 1 aliphatic rings. The third kappa shape index (κ3) is 2.42. The van der Waals surface area contributed by atoms with Crippen molar-refractivity contribution in [2.24, 2.45) is 5.92 Å². The third-order valence-corrected chi connectivity index (χ3v) is 3.15. The van der Waals surface area contributed by atoms with Crippen molar-refractivity contribution in [1.29, 1.82) is 0 Å². The minimum absolute atomic E-state index is 0.0283. The van der Waals surface area contributed by atoms with E-state index >= 15 is 0 Å². The van der Waals surface area contributed by atoms with E-state index in [1.165, 1.54) is 5.56 Å². The van der Waals surface area contributed by atoms with Crippen LogP contribution in [0.2, 0.25) is 0 Å². The maximum Gasteiger partial charge on any atom is 0.251 e. The Kier molecular flexibility index (Phi) is 3.25. The molecule has 1 aromatic rings. The summed E-state index contributed by atoms with van der Waals surface area (Å²) in [5.41, 5.74) is 1.91. The highest BCUT2D eigenvalue weighted by molar-refractivity contribution is 5.94. The number of nitrogens with one attached hydrogen (secondary N) is 2. The molecule has 0 aliphatic carbocycles. The normalized spacial score (nSPS) is 24.4. The Morgan fingerprint density at radius 3 is 2.56 bits per heavy atom. The van der Waals surface area contributed by atoms with E-state index in [2.05, 4.69) is 17.6 Å². The Morgan fingerprint density at radius 1 is 1.31 bits per heavy atom. The lowest BCUT2D eigenvalue weighted by atomic mass is 10.1. The fourth-order valence-corrected chi connectivity index (χ4v) is 1.96. The highest BCUT2D eigenvalue weighted by Crippen LogP contribution is 2.09. The van der Waals surface area contributed by atoms with Gasteiger partial charge in [-0.3, -0.25) is 4.79 Å². The van der Waals surface area contributed by atoms with Gasteiger partial charge >= 0.3 is 0 Å². The van der Waals surface area contributed by atoms with Crippen LogP contribution in [0.3, 0.4) is 0 Å². The van der Waals surface area contributed by atoms with Crippen LogP contribution in [0.5, 0.6) is 0 Å². The SMILES string of the molecule is Cc1ccc(C(=O)NC2CNCC2C)cc1. The highest BCUT2D eigenvalue weighted by Gasteiger charge is 2.24. The number of hydrogen-bond acceptors (Lipinski definition) is 2. The molecule has 1 aliphatic heterocycles. The maximum atomic E-state index is 11.9. The van der Waals surface area contributed by atoms with Crippen LogP contribution >= 0.6 is 0 Å². The van der Waals surface area contributed by atoms with Gasteiger partial charge in [-0.05, 0) is 31.5 Å². The standard InChI is InChI=1S/C13H18N2O/c1-9-3-5-11(6-4-9)13(16)15-12-8-14-7-10(12)2/h3-6,10,12,14H,7-8H2,1-2H3,(H,15,16). The fraction of sp³-hybridized carbons (Fsp3) is 0.462. The van der Waals surface area contributed by atoms with E-state index in [1.807, 2.05) is 31.2 Å². The molecule has 0 radical (unpaired) electrons. The van der Waals surface area contributed by atoms with Gasteiger partial charge in [0.25, 0.3) is 5.91 Å². The van der Waals surface area contributed by atoms with E-state index in [0.29, 0.717) is 5.92 Å². The van der Waals surface area contributed by atoms with Gasteiger partial charge in [-0.1, -0.05) is 24.6 Å². The van der Waals surface area contributed by atoms with Crippen LogP contribution in [0.15, 0.2) is 24.3 Å². The summed E-state index contributed by atoms with van der Waals surface area (Å²) >= 11 is 0. The predicted molar refractivity (Wildman–Crippen MR) is 64.5 cm³/mol. The van der Waals surface area contributed by atoms with Gasteiger partial charge in [0.05, 0.1) is 0 Å². The second-order valence-corrected chi connectivity index (χ2v) is 4.58. The summed E-state index contributed by atoms with van der Waals surface area (Å²) in [6.45, 7) is 6.03. The Morgan fingerprint density at radius 2 is 2.00 bits per heavy atom. The van der Waals surface area contributed by atoms with Crippen molar-refractivity contribution >= 4 is 5.91 Å². The number of aryl methyl sites for hydroxylation is 1. The average molecular weight is 218 g/mol. The molecule has 3 nitrogen and oxygen atoms in total. The van der Waals surface area contributed by atoms with Gasteiger partial charge in [0.15, 0.2) is 0 Å². The molecule has 2 N–H and O–H groups in total. The van der Waals surface area contributed by atoms with Gasteiger partial charge < -0.3 is 10.6 Å². The zero-order valence-corrected chi connectivity index (χ0v) is 9.79. The van der Waals surface area contributed by atoms with Crippen LogP contribution in [0.25, 0.3) is 0 Å². The summed E-state index contributed by atoms with van der Waals surface area (Å²) in [6.07, 6.45) is 0. The molecule has 0 bridgehead atoms. The first-order chi connectivity index (χ1) is 7.66. The average Bonchev–Trinajstić information content (AvgIpc) is 2.65. The summed E-state index contributed by atoms with van der Waals surface area (Å²) in [4.78, 5) is 11.9. The molecule has 2 rings (SSSR count). The second kappa shape index (κ2) is 4.66. The molecular formula is C13H18N2O. The van der Waals surface area contributed by atoms with Crippen LogP contribution in [-0.4, -0.2) is 25.0 Å². The smallest absolute Gasteiger partial charge is 0.251 e. The van der Waals surface area contributed by atoms with Crippen molar-refractivity contribution in [3.63, 3.8) is 0 Å². The summed E-state index contributed by atoms with van der Waals surface area (Å²) < 4.78 is 0. The lowest BCUT2D eigenvalue weighted by Crippen LogP contribution is -2.39. The molecule has 16 heavy (non-hydrogen) atoms. The molecule has 86 valence electrons. The lowest BCUT2D eigenvalue weighted by Gasteiger charge is -2.16. The minimum Gasteiger partial charge on any atom is -0.348 e. The monoisotopic (exact) mass is 218 g/mol. The molecule has 0 spiro atoms. The van der Waals surface area contributed by atoms with E-state index in [0.717, 1.165) is 18.7 Å². The largest absolute Gasteiger partial charge is 0.348 e. The van der Waals surface area contributed by atoms with Gasteiger partial charge in [-0.2, -0.15) is 0 Å². The molecule has 2 atom stereocenters. The maximum absolute atomic E-state index is 11.9. The molecule has 1 heterocycles. The van der Waals surface area contributed by atoms with E-state index in [9.17, 15) is 4.79 Å². The molecular weight excluding hydrogens is 200 g/mol. The molecule has 0 saturated carbocycles. The van der Waals surface area contributed by atoms with Crippen LogP contribution < -0.4 is 10.6 Å². The van der Waals surface area contributed by atoms with Crippen molar-refractivity contribution < 1.29 is 4.79 Å². The molecule has 1 fully saturated rings. The van der Waals surface area contributed by atoms with E-state index in [-0.39, 0.29) is 11.9 Å². The zero-order chi connectivity index (χ0) is 11.5. The highest BCUT2D eigenvalue weighted by atomic mass is 16.1. The number of carbonyl (C=O) groups is 1. The van der Waals surface area contributed by atoms with Crippen LogP contribution in [0.1, 0.15) is 22.8 Å². The molecule has 2 unspecified atom stereocenters. The number of rotatable bonds is 2. The second-order valence-electron chi connectivity index (χ2n) is 4.58. The summed E-state index contributed by atoms with van der Waals surface area (Å²) in [6, 6.07) is 7.93. The van der Waals surface area contributed by atoms with Crippen LogP contribution in [0.4, 0.5) is 0 Å². The molecule has 0 aromatic heterocycles. The minimum atomic E-state index is 0.0283. The van der Waals surface area contributed by atoms with Crippen molar-refractivity contribution in [2.45, 2.75) is 19.9 Å². The summed E-state index contributed by atoms with van der Waals surface area (Å²) in [5.74, 6) is 0.537. The number of amides is 1. The first-order valence-corrected chi connectivity index (χ1v) is 5.75. The van der Waals surface area contributed by atoms with Crippen molar-refractivity contribution in [3.05, 3.63) is 35.4 Å². The van der Waals surface area contributed by atoms with Crippen LogP contribution in [-0.2, 0) is 0 Å². The Bertz CT molecular complexity index is 372. The van der Waals surface area contributed by atoms with Gasteiger partial charge in [0, 0.05) is 18.2 Å². The number of hydrogen-bond donors (Lipinski definition) is 2. The van der Waals surface area contributed by atoms with E-state index in [4.69, 9.17) is 0 Å². The van der Waals surface area contributed by atoms with Gasteiger partial charge in [0.1, 0.15) is 0 Å². The summed E-state index contributed by atoms with van der Waals surface area (Å²) in [5, 5.41) is 6.34. The van der Waals surface area contributed by atoms with Crippen molar-refractivity contribution in [1.82, 2.24) is 10.6 Å². The topological polar surface area (TPSA) is 41.1 Å². The van der Waals surface area contributed by atoms with E-state index < -0.39 is 0 Å². The van der Waals surface area contributed by atoms with Crippen LogP contribution in [0, 0.1) is 12.8 Å².